The van der Waals surface area contributed by atoms with Crippen LogP contribution in [-0.2, 0) is 48.0 Å². The van der Waals surface area contributed by atoms with E-state index in [2.05, 4.69) is 71.3 Å². The Kier molecular flexibility index (Phi) is 12.4. The fourth-order valence-corrected chi connectivity index (χ4v) is 10.9. The first kappa shape index (κ1) is 43.1. The largest absolute Gasteiger partial charge is 0.464 e. The van der Waals surface area contributed by atoms with E-state index < -0.39 is 23.5 Å². The topological polar surface area (TPSA) is 140 Å². The monoisotopic (exact) mass is 881 g/mol. The zero-order chi connectivity index (χ0) is 43.3. The van der Waals surface area contributed by atoms with Crippen LogP contribution in [0.1, 0.15) is 81.3 Å². The lowest BCUT2D eigenvalue weighted by molar-refractivity contribution is -0.155. The van der Waals surface area contributed by atoms with E-state index in [9.17, 15) is 14.4 Å². The molecular formula is C47H59N7O6S2. The number of carbonyl (C=O) groups is 3. The Hall–Kier alpha value is -4.12. The molecule has 330 valence electrons. The van der Waals surface area contributed by atoms with Crippen molar-refractivity contribution < 1.29 is 28.6 Å². The molecule has 7 heterocycles. The first-order valence-corrected chi connectivity index (χ1v) is 23.8. The SMILES string of the molecule is CCn1c(-c2cc(C3=CCN4CCOC[C@@H]4C3)cnc2[C@H](CS)OC)c2c3cc(ccc31)-c1csc(n1)C[C@H](NC(=O)[C@H]1C[C@@H]1C)C(=O)N1CCC[C@H](N1)C(=O)OCC(C)(C)C2. The van der Waals surface area contributed by atoms with Crippen molar-refractivity contribution >= 4 is 58.2 Å². The fourth-order valence-electron chi connectivity index (χ4n) is 9.76. The van der Waals surface area contributed by atoms with Crippen LogP contribution in [0.2, 0.25) is 0 Å². The molecule has 1 aromatic carbocycles. The number of benzene rings is 1. The van der Waals surface area contributed by atoms with E-state index in [1.165, 1.54) is 21.9 Å². The molecule has 6 atom stereocenters. The van der Waals surface area contributed by atoms with Crippen LogP contribution in [0.5, 0.6) is 0 Å². The van der Waals surface area contributed by atoms with Crippen molar-refractivity contribution in [1.29, 1.82) is 0 Å². The highest BCUT2D eigenvalue weighted by molar-refractivity contribution is 7.80. The number of hydrazine groups is 1. The third kappa shape index (κ3) is 8.60. The minimum atomic E-state index is -0.837. The minimum Gasteiger partial charge on any atom is -0.464 e. The summed E-state index contributed by atoms with van der Waals surface area (Å²) in [5.74, 6) is -0.147. The van der Waals surface area contributed by atoms with Crippen LogP contribution in [-0.4, -0.2) is 113 Å². The molecule has 5 aliphatic rings. The number of fused-ring (bicyclic) bond motifs is 7. The quantitative estimate of drug-likeness (QED) is 0.137. The van der Waals surface area contributed by atoms with Crippen molar-refractivity contribution in [3.63, 3.8) is 0 Å². The Morgan fingerprint density at radius 1 is 1.18 bits per heavy atom. The molecule has 0 spiro atoms. The van der Waals surface area contributed by atoms with Gasteiger partial charge in [-0.05, 0) is 79.8 Å². The first-order chi connectivity index (χ1) is 29.9. The van der Waals surface area contributed by atoms with Gasteiger partial charge < -0.3 is 24.1 Å². The van der Waals surface area contributed by atoms with Gasteiger partial charge in [0.2, 0.25) is 5.91 Å². The number of hydrogen-bond acceptors (Lipinski definition) is 12. The molecule has 0 radical (unpaired) electrons. The van der Waals surface area contributed by atoms with Crippen molar-refractivity contribution in [2.24, 2.45) is 17.3 Å². The van der Waals surface area contributed by atoms with Crippen molar-refractivity contribution in [2.75, 3.05) is 52.3 Å². The van der Waals surface area contributed by atoms with Crippen molar-refractivity contribution in [3.8, 4) is 22.5 Å². The Morgan fingerprint density at radius 2 is 2.02 bits per heavy atom. The number of cyclic esters (lactones) is 1. The summed E-state index contributed by atoms with van der Waals surface area (Å²) in [6.45, 7) is 13.1. The summed E-state index contributed by atoms with van der Waals surface area (Å²) in [5.41, 5.74) is 11.9. The zero-order valence-electron chi connectivity index (χ0n) is 36.4. The standard InChI is InChI=1S/C47H59N7O6S2/c1-6-53-39-10-9-29-18-33(39)35(43(53)34-19-30(22-48-42(34)40(24-61)58-5)28-11-13-52-14-15-59-23-31(52)17-28)21-47(3,4)26-60-46(57)36-8-7-12-54(51-36)45(56)37(20-41-49-38(29)25-62-41)50-44(55)32-16-27(32)2/h9-11,18-19,22,25,27,31-32,36-37,40,51,61H,6-8,12-17,20-21,23-24,26H2,1-5H3,(H,50,55)/t27-,31-,32-,36-,37-,40-/m0/s1. The number of nitrogens with zero attached hydrogens (tertiary/aromatic N) is 5. The predicted molar refractivity (Wildman–Crippen MR) is 244 cm³/mol. The predicted octanol–water partition coefficient (Wildman–Crippen LogP) is 6.26. The highest BCUT2D eigenvalue weighted by Crippen LogP contribution is 2.44. The second-order valence-electron chi connectivity index (χ2n) is 18.5. The van der Waals surface area contributed by atoms with E-state index in [4.69, 9.17) is 36.8 Å². The van der Waals surface area contributed by atoms with E-state index >= 15 is 0 Å². The number of pyridine rings is 1. The van der Waals surface area contributed by atoms with Crippen molar-refractivity contribution in [2.45, 2.75) is 97.0 Å². The number of rotatable bonds is 8. The number of carbonyl (C=O) groups excluding carboxylic acids is 3. The van der Waals surface area contributed by atoms with Gasteiger partial charge in [0.05, 0.1) is 41.9 Å². The van der Waals surface area contributed by atoms with E-state index in [1.807, 2.05) is 18.5 Å². The highest BCUT2D eigenvalue weighted by Gasteiger charge is 2.42. The Labute approximate surface area is 373 Å². The van der Waals surface area contributed by atoms with Crippen molar-refractivity contribution in [1.82, 2.24) is 35.2 Å². The number of methoxy groups -OCH3 is 1. The molecule has 2 amide bonds. The molecular weight excluding hydrogens is 823 g/mol. The van der Waals surface area contributed by atoms with Crippen LogP contribution in [0.15, 0.2) is 41.9 Å². The lowest BCUT2D eigenvalue weighted by Gasteiger charge is -2.38. The number of esters is 1. The number of aromatic nitrogens is 3. The van der Waals surface area contributed by atoms with Gasteiger partial charge in [-0.15, -0.1) is 11.3 Å². The number of ether oxygens (including phenoxy) is 3. The van der Waals surface area contributed by atoms with Gasteiger partial charge in [0.15, 0.2) is 0 Å². The number of morpholine rings is 1. The lowest BCUT2D eigenvalue weighted by Crippen LogP contribution is -2.60. The summed E-state index contributed by atoms with van der Waals surface area (Å²) < 4.78 is 20.5. The zero-order valence-corrected chi connectivity index (χ0v) is 38.2. The number of hydrogen-bond donors (Lipinski definition) is 3. The summed E-state index contributed by atoms with van der Waals surface area (Å²) in [4.78, 5) is 54.1. The van der Waals surface area contributed by atoms with Crippen LogP contribution in [0.3, 0.4) is 0 Å². The highest BCUT2D eigenvalue weighted by atomic mass is 32.1. The third-order valence-electron chi connectivity index (χ3n) is 13.4. The maximum absolute atomic E-state index is 14.2. The summed E-state index contributed by atoms with van der Waals surface area (Å²) in [7, 11) is 1.71. The van der Waals surface area contributed by atoms with Gasteiger partial charge in [-0.3, -0.25) is 29.3 Å². The van der Waals surface area contributed by atoms with E-state index in [0.717, 1.165) is 94.4 Å². The van der Waals surface area contributed by atoms with Crippen LogP contribution in [0.25, 0.3) is 39.0 Å². The van der Waals surface area contributed by atoms with Gasteiger partial charge in [-0.1, -0.05) is 32.9 Å². The molecule has 6 bridgehead atoms. The molecule has 9 rings (SSSR count). The van der Waals surface area contributed by atoms with Gasteiger partial charge in [0.25, 0.3) is 5.91 Å². The van der Waals surface area contributed by atoms with Gasteiger partial charge in [-0.25, -0.2) is 10.4 Å². The second-order valence-corrected chi connectivity index (χ2v) is 19.8. The second kappa shape index (κ2) is 17.8. The van der Waals surface area contributed by atoms with Crippen molar-refractivity contribution in [3.05, 3.63) is 63.7 Å². The summed E-state index contributed by atoms with van der Waals surface area (Å²) in [5, 5.41) is 8.43. The Bertz CT molecular complexity index is 2390. The van der Waals surface area contributed by atoms with Crippen LogP contribution in [0, 0.1) is 17.3 Å². The molecule has 2 saturated heterocycles. The number of thiazole rings is 1. The molecule has 13 nitrogen and oxygen atoms in total. The van der Waals surface area contributed by atoms with Crippen LogP contribution < -0.4 is 10.7 Å². The average molecular weight is 882 g/mol. The summed E-state index contributed by atoms with van der Waals surface area (Å²) in [6.07, 6.45) is 7.66. The summed E-state index contributed by atoms with van der Waals surface area (Å²) in [6, 6.07) is 7.63. The van der Waals surface area contributed by atoms with Gasteiger partial charge in [0.1, 0.15) is 18.2 Å². The van der Waals surface area contributed by atoms with Crippen LogP contribution in [0.4, 0.5) is 0 Å². The summed E-state index contributed by atoms with van der Waals surface area (Å²) >= 11 is 6.23. The number of amides is 2. The minimum absolute atomic E-state index is 0.0982. The molecule has 15 heteroatoms. The molecule has 2 N–H and O–H groups in total. The molecule has 3 fully saturated rings. The molecule has 4 aliphatic heterocycles. The molecule has 1 aliphatic carbocycles. The smallest absolute Gasteiger partial charge is 0.324 e. The molecule has 3 aromatic heterocycles. The van der Waals surface area contributed by atoms with E-state index in [1.54, 1.807) is 7.11 Å². The molecule has 0 unspecified atom stereocenters. The average Bonchev–Trinajstić information content (AvgIpc) is 3.71. The number of thiol groups is 1. The Morgan fingerprint density at radius 3 is 2.79 bits per heavy atom. The number of nitrogens with one attached hydrogen (secondary N) is 2. The van der Waals surface area contributed by atoms with Gasteiger partial charge in [0, 0.05) is 96.4 Å². The Balaban J connectivity index is 1.18. The maximum Gasteiger partial charge on any atom is 0.324 e. The van der Waals surface area contributed by atoms with Gasteiger partial charge >= 0.3 is 5.97 Å². The van der Waals surface area contributed by atoms with Gasteiger partial charge in [-0.2, -0.15) is 12.6 Å². The third-order valence-corrected chi connectivity index (χ3v) is 14.6. The van der Waals surface area contributed by atoms with E-state index in [-0.39, 0.29) is 36.9 Å². The first-order valence-electron chi connectivity index (χ1n) is 22.2. The molecule has 4 aromatic rings. The van der Waals surface area contributed by atoms with E-state index in [0.29, 0.717) is 50.1 Å². The maximum atomic E-state index is 14.2. The fraction of sp³-hybridized carbons (Fsp3) is 0.553. The van der Waals surface area contributed by atoms with Crippen LogP contribution >= 0.6 is 24.0 Å². The number of aryl methyl sites for hydroxylation is 1. The molecule has 62 heavy (non-hydrogen) atoms. The molecule has 1 saturated carbocycles. The lowest BCUT2D eigenvalue weighted by atomic mass is 9.83. The normalized spacial score (nSPS) is 26.0.